The van der Waals surface area contributed by atoms with E-state index in [2.05, 4.69) is 24.4 Å². The smallest absolute Gasteiger partial charge is 0.164 e. The SMILES string of the molecule is CC1CC12CNc1ccc(Oc3c(Cl)cc(N)cc3Cl)cc12. The van der Waals surface area contributed by atoms with Gasteiger partial charge in [0.2, 0.25) is 0 Å². The second-order valence-electron chi connectivity index (χ2n) is 6.24. The molecule has 0 saturated heterocycles. The van der Waals surface area contributed by atoms with Gasteiger partial charge in [0.05, 0.1) is 10.0 Å². The van der Waals surface area contributed by atoms with Crippen molar-refractivity contribution in [3.05, 3.63) is 45.9 Å². The van der Waals surface area contributed by atoms with E-state index < -0.39 is 0 Å². The van der Waals surface area contributed by atoms with Gasteiger partial charge >= 0.3 is 0 Å². The average Bonchev–Trinajstić information content (AvgIpc) is 2.97. The summed E-state index contributed by atoms with van der Waals surface area (Å²) in [5, 5.41) is 4.31. The van der Waals surface area contributed by atoms with Crippen LogP contribution in [-0.4, -0.2) is 6.54 Å². The topological polar surface area (TPSA) is 47.3 Å². The molecule has 3 nitrogen and oxygen atoms in total. The number of halogens is 2. The molecule has 1 saturated carbocycles. The Balaban J connectivity index is 1.70. The van der Waals surface area contributed by atoms with Crippen molar-refractivity contribution in [2.45, 2.75) is 18.8 Å². The van der Waals surface area contributed by atoms with Crippen LogP contribution in [0.15, 0.2) is 30.3 Å². The maximum atomic E-state index is 6.19. The van der Waals surface area contributed by atoms with Gasteiger partial charge < -0.3 is 15.8 Å². The third kappa shape index (κ3) is 2.03. The van der Waals surface area contributed by atoms with Crippen LogP contribution in [0.5, 0.6) is 11.5 Å². The molecule has 2 aromatic carbocycles. The number of nitrogen functional groups attached to an aromatic ring is 1. The molecule has 1 aliphatic heterocycles. The summed E-state index contributed by atoms with van der Waals surface area (Å²) in [6.07, 6.45) is 1.22. The summed E-state index contributed by atoms with van der Waals surface area (Å²) in [7, 11) is 0. The van der Waals surface area contributed by atoms with Crippen LogP contribution < -0.4 is 15.8 Å². The zero-order valence-electron chi connectivity index (χ0n) is 12.1. The van der Waals surface area contributed by atoms with Gasteiger partial charge in [-0.2, -0.15) is 0 Å². The highest BCUT2D eigenvalue weighted by atomic mass is 35.5. The highest BCUT2D eigenvalue weighted by Crippen LogP contribution is 2.59. The van der Waals surface area contributed by atoms with E-state index in [1.54, 1.807) is 12.1 Å². The molecule has 0 bridgehead atoms. The molecule has 2 aromatic rings. The van der Waals surface area contributed by atoms with Crippen LogP contribution >= 0.6 is 23.2 Å². The summed E-state index contributed by atoms with van der Waals surface area (Å²) in [4.78, 5) is 0. The molecule has 1 aliphatic carbocycles. The number of benzene rings is 2. The lowest BCUT2D eigenvalue weighted by Gasteiger charge is -2.13. The molecule has 5 heteroatoms. The molecule has 1 spiro atoms. The number of anilines is 2. The first-order chi connectivity index (χ1) is 10.5. The summed E-state index contributed by atoms with van der Waals surface area (Å²) in [5.41, 5.74) is 9.06. The lowest BCUT2D eigenvalue weighted by atomic mass is 9.96. The molecule has 2 atom stereocenters. The Labute approximate surface area is 139 Å². The van der Waals surface area contributed by atoms with E-state index in [1.807, 2.05) is 6.07 Å². The Morgan fingerprint density at radius 1 is 1.23 bits per heavy atom. The van der Waals surface area contributed by atoms with Gasteiger partial charge in [-0.15, -0.1) is 0 Å². The molecule has 1 heterocycles. The van der Waals surface area contributed by atoms with Crippen LogP contribution in [0.4, 0.5) is 11.4 Å². The minimum atomic E-state index is 0.281. The summed E-state index contributed by atoms with van der Waals surface area (Å²) in [5.74, 6) is 1.90. The highest BCUT2D eigenvalue weighted by molar-refractivity contribution is 6.37. The van der Waals surface area contributed by atoms with Crippen LogP contribution in [0.2, 0.25) is 10.0 Å². The van der Waals surface area contributed by atoms with Crippen LogP contribution in [0, 0.1) is 5.92 Å². The molecule has 4 rings (SSSR count). The van der Waals surface area contributed by atoms with E-state index in [1.165, 1.54) is 17.7 Å². The van der Waals surface area contributed by atoms with E-state index in [0.717, 1.165) is 12.3 Å². The maximum Gasteiger partial charge on any atom is 0.164 e. The molecular weight excluding hydrogens is 319 g/mol. The average molecular weight is 335 g/mol. The summed E-state index contributed by atoms with van der Waals surface area (Å²) >= 11 is 12.4. The fourth-order valence-corrected chi connectivity index (χ4v) is 3.99. The van der Waals surface area contributed by atoms with Crippen molar-refractivity contribution in [3.63, 3.8) is 0 Å². The minimum Gasteiger partial charge on any atom is -0.454 e. The van der Waals surface area contributed by atoms with Crippen molar-refractivity contribution in [2.24, 2.45) is 5.92 Å². The third-order valence-electron chi connectivity index (χ3n) is 4.82. The van der Waals surface area contributed by atoms with Crippen molar-refractivity contribution in [1.82, 2.24) is 0 Å². The zero-order valence-corrected chi connectivity index (χ0v) is 13.6. The lowest BCUT2D eigenvalue weighted by molar-refractivity contribution is 0.482. The Hall–Kier alpha value is -1.58. The molecule has 114 valence electrons. The molecule has 3 N–H and O–H groups in total. The Morgan fingerprint density at radius 2 is 1.91 bits per heavy atom. The van der Waals surface area contributed by atoms with Gasteiger partial charge in [0.15, 0.2) is 5.75 Å². The zero-order chi connectivity index (χ0) is 15.5. The standard InChI is InChI=1S/C17H16Cl2N2O/c1-9-7-17(9)8-21-15-3-2-11(6-12(15)17)22-16-13(18)4-10(20)5-14(16)19/h2-6,9,21H,7-8,20H2,1H3. The van der Waals surface area contributed by atoms with Gasteiger partial charge in [-0.05, 0) is 48.2 Å². The number of rotatable bonds is 2. The Morgan fingerprint density at radius 3 is 2.55 bits per heavy atom. The maximum absolute atomic E-state index is 6.19. The normalized spacial score (nSPS) is 25.0. The van der Waals surface area contributed by atoms with Gasteiger partial charge in [0.25, 0.3) is 0 Å². The first kappa shape index (κ1) is 14.0. The number of ether oxygens (including phenoxy) is 1. The summed E-state index contributed by atoms with van der Waals surface area (Å²) in [6.45, 7) is 3.30. The Bertz CT molecular complexity index is 754. The van der Waals surface area contributed by atoms with Gasteiger partial charge in [0.1, 0.15) is 5.75 Å². The number of hydrogen-bond acceptors (Lipinski definition) is 3. The van der Waals surface area contributed by atoms with E-state index >= 15 is 0 Å². The van der Waals surface area contributed by atoms with Gasteiger partial charge in [0, 0.05) is 23.3 Å². The van der Waals surface area contributed by atoms with E-state index in [4.69, 9.17) is 33.7 Å². The monoisotopic (exact) mass is 334 g/mol. The number of fused-ring (bicyclic) bond motifs is 2. The van der Waals surface area contributed by atoms with E-state index in [9.17, 15) is 0 Å². The molecule has 0 amide bonds. The van der Waals surface area contributed by atoms with E-state index in [0.29, 0.717) is 27.4 Å². The van der Waals surface area contributed by atoms with Gasteiger partial charge in [-0.25, -0.2) is 0 Å². The third-order valence-corrected chi connectivity index (χ3v) is 5.38. The van der Waals surface area contributed by atoms with Crippen LogP contribution in [0.1, 0.15) is 18.9 Å². The van der Waals surface area contributed by atoms with Crippen molar-refractivity contribution in [1.29, 1.82) is 0 Å². The van der Waals surface area contributed by atoms with Crippen molar-refractivity contribution in [2.75, 3.05) is 17.6 Å². The van der Waals surface area contributed by atoms with Gasteiger partial charge in [-0.3, -0.25) is 0 Å². The summed E-state index contributed by atoms with van der Waals surface area (Å²) < 4.78 is 5.93. The van der Waals surface area contributed by atoms with Crippen LogP contribution in [0.3, 0.4) is 0 Å². The predicted molar refractivity (Wildman–Crippen MR) is 91.3 cm³/mol. The van der Waals surface area contributed by atoms with Crippen LogP contribution in [-0.2, 0) is 5.41 Å². The second kappa shape index (κ2) is 4.71. The number of nitrogens with two attached hydrogens (primary N) is 1. The molecule has 2 unspecified atom stereocenters. The largest absolute Gasteiger partial charge is 0.454 e. The molecule has 0 radical (unpaired) electrons. The molecule has 1 fully saturated rings. The van der Waals surface area contributed by atoms with Crippen molar-refractivity contribution >= 4 is 34.6 Å². The number of nitrogens with one attached hydrogen (secondary N) is 1. The fourth-order valence-electron chi connectivity index (χ4n) is 3.41. The lowest BCUT2D eigenvalue weighted by Crippen LogP contribution is -2.11. The highest BCUT2D eigenvalue weighted by Gasteiger charge is 2.55. The van der Waals surface area contributed by atoms with Crippen molar-refractivity contribution in [3.8, 4) is 11.5 Å². The first-order valence-electron chi connectivity index (χ1n) is 7.30. The molecular formula is C17H16Cl2N2O. The minimum absolute atomic E-state index is 0.281. The predicted octanol–water partition coefficient (Wildman–Crippen LogP) is 5.07. The van der Waals surface area contributed by atoms with E-state index in [-0.39, 0.29) is 5.41 Å². The van der Waals surface area contributed by atoms with Crippen molar-refractivity contribution < 1.29 is 4.74 Å². The quantitative estimate of drug-likeness (QED) is 0.753. The number of hydrogen-bond donors (Lipinski definition) is 2. The van der Waals surface area contributed by atoms with Crippen LogP contribution in [0.25, 0.3) is 0 Å². The molecule has 2 aliphatic rings. The summed E-state index contributed by atoms with van der Waals surface area (Å²) in [6, 6.07) is 9.37. The molecule has 22 heavy (non-hydrogen) atoms. The van der Waals surface area contributed by atoms with Gasteiger partial charge in [-0.1, -0.05) is 30.1 Å². The first-order valence-corrected chi connectivity index (χ1v) is 8.06. The molecule has 0 aromatic heterocycles. The second-order valence-corrected chi connectivity index (χ2v) is 7.05. The fraction of sp³-hybridized carbons (Fsp3) is 0.294. The Kier molecular flexibility index (Phi) is 3.00.